The number of hydrogen-bond donors (Lipinski definition) is 1. The van der Waals surface area contributed by atoms with Gasteiger partial charge < -0.3 is 10.2 Å². The van der Waals surface area contributed by atoms with Crippen LogP contribution in [0.3, 0.4) is 0 Å². The number of hydrogen-bond acceptors (Lipinski definition) is 3. The van der Waals surface area contributed by atoms with E-state index in [9.17, 15) is 0 Å². The van der Waals surface area contributed by atoms with Crippen molar-refractivity contribution in [3.8, 4) is 0 Å². The molecular weight excluding hydrogens is 210 g/mol. The summed E-state index contributed by atoms with van der Waals surface area (Å²) in [5.41, 5.74) is 1.31. The minimum Gasteiger partial charge on any atom is -0.357 e. The standard InChI is InChI=1S/C14H23N3/c1-4-17(10-12-5-6-12)14-9-13(7-8-16-14)11(2)15-3/h7-9,11-12,15H,4-6,10H2,1-3H3. The Morgan fingerprint density at radius 2 is 2.29 bits per heavy atom. The van der Waals surface area contributed by atoms with Gasteiger partial charge in [0.15, 0.2) is 0 Å². The topological polar surface area (TPSA) is 28.2 Å². The highest BCUT2D eigenvalue weighted by Gasteiger charge is 2.24. The zero-order valence-corrected chi connectivity index (χ0v) is 11.1. The highest BCUT2D eigenvalue weighted by Crippen LogP contribution is 2.31. The highest BCUT2D eigenvalue weighted by molar-refractivity contribution is 5.42. The molecular formula is C14H23N3. The lowest BCUT2D eigenvalue weighted by atomic mass is 10.1. The first-order valence-corrected chi connectivity index (χ1v) is 6.62. The minimum atomic E-state index is 0.386. The Hall–Kier alpha value is -1.09. The smallest absolute Gasteiger partial charge is 0.128 e. The monoisotopic (exact) mass is 233 g/mol. The van der Waals surface area contributed by atoms with Crippen molar-refractivity contribution >= 4 is 5.82 Å². The van der Waals surface area contributed by atoms with E-state index in [0.717, 1.165) is 18.3 Å². The van der Waals surface area contributed by atoms with E-state index in [1.165, 1.54) is 24.9 Å². The van der Waals surface area contributed by atoms with Gasteiger partial charge in [-0.25, -0.2) is 4.98 Å². The van der Waals surface area contributed by atoms with Crippen LogP contribution in [-0.4, -0.2) is 25.1 Å². The summed E-state index contributed by atoms with van der Waals surface area (Å²) in [5.74, 6) is 2.03. The first kappa shape index (κ1) is 12.4. The summed E-state index contributed by atoms with van der Waals surface area (Å²) in [7, 11) is 1.99. The molecule has 94 valence electrons. The molecule has 1 aromatic heterocycles. The Balaban J connectivity index is 2.11. The van der Waals surface area contributed by atoms with Crippen molar-refractivity contribution in [2.24, 2.45) is 5.92 Å². The van der Waals surface area contributed by atoms with E-state index in [1.807, 2.05) is 13.2 Å². The molecule has 0 spiro atoms. The Morgan fingerprint density at radius 3 is 2.88 bits per heavy atom. The van der Waals surface area contributed by atoms with Crippen molar-refractivity contribution in [2.75, 3.05) is 25.0 Å². The molecule has 0 amide bonds. The maximum atomic E-state index is 4.51. The molecule has 17 heavy (non-hydrogen) atoms. The summed E-state index contributed by atoms with van der Waals surface area (Å²) in [6.07, 6.45) is 4.71. The molecule has 1 N–H and O–H groups in total. The fourth-order valence-electron chi connectivity index (χ4n) is 2.04. The van der Waals surface area contributed by atoms with Crippen molar-refractivity contribution in [3.63, 3.8) is 0 Å². The Labute approximate surface area is 104 Å². The van der Waals surface area contributed by atoms with E-state index < -0.39 is 0 Å². The molecule has 1 aliphatic carbocycles. The fraction of sp³-hybridized carbons (Fsp3) is 0.643. The van der Waals surface area contributed by atoms with E-state index in [-0.39, 0.29) is 0 Å². The Bertz CT molecular complexity index is 360. The molecule has 3 heteroatoms. The van der Waals surface area contributed by atoms with Crippen molar-refractivity contribution < 1.29 is 0 Å². The first-order chi connectivity index (χ1) is 8.24. The number of aromatic nitrogens is 1. The maximum Gasteiger partial charge on any atom is 0.128 e. The number of pyridine rings is 1. The zero-order valence-electron chi connectivity index (χ0n) is 11.1. The lowest BCUT2D eigenvalue weighted by molar-refractivity contribution is 0.649. The van der Waals surface area contributed by atoms with E-state index in [0.29, 0.717) is 6.04 Å². The van der Waals surface area contributed by atoms with Crippen LogP contribution in [0.4, 0.5) is 5.82 Å². The van der Waals surface area contributed by atoms with Crippen LogP contribution in [0.25, 0.3) is 0 Å². The van der Waals surface area contributed by atoms with Gasteiger partial charge >= 0.3 is 0 Å². The quantitative estimate of drug-likeness (QED) is 0.818. The van der Waals surface area contributed by atoms with Crippen molar-refractivity contribution in [2.45, 2.75) is 32.7 Å². The van der Waals surface area contributed by atoms with Gasteiger partial charge in [0.25, 0.3) is 0 Å². The molecule has 2 rings (SSSR count). The van der Waals surface area contributed by atoms with Crippen LogP contribution in [0.1, 0.15) is 38.3 Å². The van der Waals surface area contributed by atoms with Crippen LogP contribution < -0.4 is 10.2 Å². The summed E-state index contributed by atoms with van der Waals surface area (Å²) < 4.78 is 0. The molecule has 1 aromatic rings. The van der Waals surface area contributed by atoms with Crippen LogP contribution in [0.5, 0.6) is 0 Å². The van der Waals surface area contributed by atoms with Crippen LogP contribution >= 0.6 is 0 Å². The third-order valence-corrected chi connectivity index (χ3v) is 3.58. The second kappa shape index (κ2) is 5.50. The van der Waals surface area contributed by atoms with Crippen LogP contribution in [0.2, 0.25) is 0 Å². The SMILES string of the molecule is CCN(CC1CC1)c1cc(C(C)NC)ccn1. The van der Waals surface area contributed by atoms with Gasteiger partial charge in [0.2, 0.25) is 0 Å². The second-order valence-corrected chi connectivity index (χ2v) is 4.94. The molecule has 0 radical (unpaired) electrons. The molecule has 0 aliphatic heterocycles. The van der Waals surface area contributed by atoms with E-state index >= 15 is 0 Å². The summed E-state index contributed by atoms with van der Waals surface area (Å²) in [6.45, 7) is 6.59. The second-order valence-electron chi connectivity index (χ2n) is 4.94. The molecule has 1 atom stereocenters. The van der Waals surface area contributed by atoms with Crippen molar-refractivity contribution in [3.05, 3.63) is 23.9 Å². The summed E-state index contributed by atoms with van der Waals surface area (Å²) in [6, 6.07) is 4.69. The summed E-state index contributed by atoms with van der Waals surface area (Å²) >= 11 is 0. The maximum absolute atomic E-state index is 4.51. The highest BCUT2D eigenvalue weighted by atomic mass is 15.2. The molecule has 1 heterocycles. The predicted octanol–water partition coefficient (Wildman–Crippen LogP) is 2.60. The van der Waals surface area contributed by atoms with Gasteiger partial charge in [-0.1, -0.05) is 0 Å². The normalized spacial score (nSPS) is 16.9. The average molecular weight is 233 g/mol. The van der Waals surface area contributed by atoms with Gasteiger partial charge in [0.1, 0.15) is 5.82 Å². The van der Waals surface area contributed by atoms with Crippen LogP contribution in [-0.2, 0) is 0 Å². The molecule has 0 saturated heterocycles. The summed E-state index contributed by atoms with van der Waals surface area (Å²) in [5, 5.41) is 3.27. The first-order valence-electron chi connectivity index (χ1n) is 6.62. The number of nitrogens with one attached hydrogen (secondary N) is 1. The lowest BCUT2D eigenvalue weighted by Gasteiger charge is -2.23. The predicted molar refractivity (Wildman–Crippen MR) is 72.3 cm³/mol. The number of anilines is 1. The molecule has 1 unspecified atom stereocenters. The lowest BCUT2D eigenvalue weighted by Crippen LogP contribution is -2.26. The van der Waals surface area contributed by atoms with Gasteiger partial charge in [0, 0.05) is 25.3 Å². The van der Waals surface area contributed by atoms with Gasteiger partial charge in [-0.2, -0.15) is 0 Å². The van der Waals surface area contributed by atoms with Gasteiger partial charge in [-0.05, 0) is 57.4 Å². The Kier molecular flexibility index (Phi) is 4.00. The minimum absolute atomic E-state index is 0.386. The van der Waals surface area contributed by atoms with Crippen LogP contribution in [0.15, 0.2) is 18.3 Å². The van der Waals surface area contributed by atoms with Crippen LogP contribution in [0, 0.1) is 5.92 Å². The van der Waals surface area contributed by atoms with Gasteiger partial charge in [-0.15, -0.1) is 0 Å². The van der Waals surface area contributed by atoms with Crippen molar-refractivity contribution in [1.82, 2.24) is 10.3 Å². The molecule has 1 saturated carbocycles. The van der Waals surface area contributed by atoms with E-state index in [2.05, 4.69) is 41.2 Å². The molecule has 0 aromatic carbocycles. The number of rotatable bonds is 6. The van der Waals surface area contributed by atoms with E-state index in [1.54, 1.807) is 0 Å². The third kappa shape index (κ3) is 3.19. The molecule has 1 aliphatic rings. The van der Waals surface area contributed by atoms with Gasteiger partial charge in [-0.3, -0.25) is 0 Å². The largest absolute Gasteiger partial charge is 0.357 e. The van der Waals surface area contributed by atoms with Gasteiger partial charge in [0.05, 0.1) is 0 Å². The third-order valence-electron chi connectivity index (χ3n) is 3.58. The molecule has 3 nitrogen and oxygen atoms in total. The zero-order chi connectivity index (χ0) is 12.3. The van der Waals surface area contributed by atoms with Crippen molar-refractivity contribution in [1.29, 1.82) is 0 Å². The van der Waals surface area contributed by atoms with E-state index in [4.69, 9.17) is 0 Å². The summed E-state index contributed by atoms with van der Waals surface area (Å²) in [4.78, 5) is 6.90. The fourth-order valence-corrected chi connectivity index (χ4v) is 2.04. The molecule has 0 bridgehead atoms. The molecule has 1 fully saturated rings. The number of nitrogens with zero attached hydrogens (tertiary/aromatic N) is 2. The Morgan fingerprint density at radius 1 is 1.53 bits per heavy atom. The average Bonchev–Trinajstić information content (AvgIpc) is 3.19.